The third kappa shape index (κ3) is 3.89. The molecule has 7 rings (SSSR count). The molecule has 0 aromatic heterocycles. The van der Waals surface area contributed by atoms with Gasteiger partial charge in [0.2, 0.25) is 0 Å². The molecule has 40 heavy (non-hydrogen) atoms. The molecular formula is C35H26O3S2. The van der Waals surface area contributed by atoms with E-state index in [4.69, 9.17) is 3.63 Å². The predicted octanol–water partition coefficient (Wildman–Crippen LogP) is 9.49. The van der Waals surface area contributed by atoms with Crippen molar-refractivity contribution < 1.29 is 12.0 Å². The van der Waals surface area contributed by atoms with Gasteiger partial charge in [-0.05, 0) is 86.6 Å². The third-order valence-electron chi connectivity index (χ3n) is 7.45. The molecule has 0 unspecified atom stereocenters. The fourth-order valence-corrected chi connectivity index (χ4v) is 11.0. The molecule has 7 aromatic carbocycles. The van der Waals surface area contributed by atoms with Crippen molar-refractivity contribution in [3.05, 3.63) is 145 Å². The van der Waals surface area contributed by atoms with Gasteiger partial charge in [-0.25, -0.2) is 3.63 Å². The summed E-state index contributed by atoms with van der Waals surface area (Å²) < 4.78 is 35.8. The molecule has 0 amide bonds. The van der Waals surface area contributed by atoms with Gasteiger partial charge >= 0.3 is 10.1 Å². The molecule has 0 fully saturated rings. The Morgan fingerprint density at radius 2 is 0.975 bits per heavy atom. The molecule has 0 spiro atoms. The first kappa shape index (κ1) is 24.9. The number of benzene rings is 7. The van der Waals surface area contributed by atoms with E-state index in [-0.39, 0.29) is 4.90 Å². The maximum Gasteiger partial charge on any atom is 0.307 e. The van der Waals surface area contributed by atoms with Crippen molar-refractivity contribution in [3.8, 4) is 0 Å². The Hall–Kier alpha value is -4.16. The molecule has 0 atom stereocenters. The van der Waals surface area contributed by atoms with E-state index in [2.05, 4.69) is 24.3 Å². The first-order chi connectivity index (χ1) is 19.5. The predicted molar refractivity (Wildman–Crippen MR) is 165 cm³/mol. The molecule has 0 N–H and O–H groups in total. The minimum atomic E-state index is -4.26. The molecule has 0 radical (unpaired) electrons. The summed E-state index contributed by atoms with van der Waals surface area (Å²) in [5.74, 6) is 0. The highest BCUT2D eigenvalue weighted by Gasteiger charge is 2.38. The summed E-state index contributed by atoms with van der Waals surface area (Å²) in [6, 6.07) is 45.2. The second-order valence-electron chi connectivity index (χ2n) is 9.94. The zero-order valence-corrected chi connectivity index (χ0v) is 23.5. The number of rotatable bonds is 6. The lowest BCUT2D eigenvalue weighted by Crippen LogP contribution is -2.15. The smallest absolute Gasteiger partial charge is 0.203 e. The number of aryl methyl sites for hydroxylation is 1. The maximum atomic E-state index is 14.6. The third-order valence-corrected chi connectivity index (χ3v) is 12.7. The Morgan fingerprint density at radius 1 is 0.475 bits per heavy atom. The average molecular weight is 559 g/mol. The molecule has 0 aliphatic heterocycles. The summed E-state index contributed by atoms with van der Waals surface area (Å²) in [6.45, 7) is 2.02. The monoisotopic (exact) mass is 558 g/mol. The van der Waals surface area contributed by atoms with Crippen LogP contribution in [0.1, 0.15) is 5.56 Å². The molecular weight excluding hydrogens is 533 g/mol. The normalized spacial score (nSPS) is 12.8. The standard InChI is InChI=1S/C35H26O3S2/c1-25-15-21-31(22-16-25)39(29-11-4-2-5-12-29,30-13-6-3-7-14-30)38-40(36,37)33-24-20-28-18-17-26-9-8-10-27-19-23-32(33)35(28)34(26)27/h2-24H,1H3. The largest absolute Gasteiger partial charge is 0.307 e. The Balaban J connectivity index is 1.51. The fourth-order valence-electron chi connectivity index (χ4n) is 5.58. The zero-order chi connectivity index (χ0) is 27.3. The average Bonchev–Trinajstić information content (AvgIpc) is 3.00. The summed E-state index contributed by atoms with van der Waals surface area (Å²) in [7, 11) is -6.93. The van der Waals surface area contributed by atoms with Crippen molar-refractivity contribution in [3.63, 3.8) is 0 Å². The minimum Gasteiger partial charge on any atom is -0.203 e. The quantitative estimate of drug-likeness (QED) is 0.191. The van der Waals surface area contributed by atoms with Gasteiger partial charge in [0.1, 0.15) is 4.90 Å². The lowest BCUT2D eigenvalue weighted by Gasteiger charge is -2.39. The van der Waals surface area contributed by atoms with Gasteiger partial charge in [-0.3, -0.25) is 0 Å². The molecule has 196 valence electrons. The van der Waals surface area contributed by atoms with Crippen LogP contribution in [0.2, 0.25) is 0 Å². The van der Waals surface area contributed by atoms with Crippen LogP contribution in [0.5, 0.6) is 0 Å². The second kappa shape index (κ2) is 9.49. The van der Waals surface area contributed by atoms with Gasteiger partial charge in [0, 0.05) is 20.1 Å². The molecule has 0 heterocycles. The molecule has 7 aromatic rings. The number of hydrogen-bond donors (Lipinski definition) is 0. The Morgan fingerprint density at radius 3 is 1.57 bits per heavy atom. The van der Waals surface area contributed by atoms with E-state index >= 15 is 0 Å². The highest BCUT2D eigenvalue weighted by molar-refractivity contribution is 8.33. The maximum absolute atomic E-state index is 14.6. The van der Waals surface area contributed by atoms with Crippen LogP contribution in [0.4, 0.5) is 0 Å². The van der Waals surface area contributed by atoms with Crippen LogP contribution in [0.3, 0.4) is 0 Å². The summed E-state index contributed by atoms with van der Waals surface area (Å²) >= 11 is 0. The fraction of sp³-hybridized carbons (Fsp3) is 0.0286. The highest BCUT2D eigenvalue weighted by atomic mass is 32.3. The van der Waals surface area contributed by atoms with E-state index in [1.807, 2.05) is 116 Å². The van der Waals surface area contributed by atoms with Crippen molar-refractivity contribution in [1.29, 1.82) is 0 Å². The van der Waals surface area contributed by atoms with Crippen molar-refractivity contribution in [2.45, 2.75) is 26.5 Å². The van der Waals surface area contributed by atoms with Crippen LogP contribution >= 0.6 is 10.3 Å². The van der Waals surface area contributed by atoms with Gasteiger partial charge in [0.05, 0.1) is 0 Å². The Bertz CT molecular complexity index is 2030. The van der Waals surface area contributed by atoms with Crippen LogP contribution in [-0.2, 0) is 13.7 Å². The van der Waals surface area contributed by atoms with Crippen molar-refractivity contribution >= 4 is 52.7 Å². The van der Waals surface area contributed by atoms with Gasteiger partial charge < -0.3 is 0 Å². The van der Waals surface area contributed by atoms with Crippen molar-refractivity contribution in [2.75, 3.05) is 0 Å². The van der Waals surface area contributed by atoms with Crippen LogP contribution in [0.25, 0.3) is 32.3 Å². The molecule has 0 saturated heterocycles. The van der Waals surface area contributed by atoms with Gasteiger partial charge in [-0.2, -0.15) is 8.42 Å². The number of hydrogen-bond acceptors (Lipinski definition) is 3. The topological polar surface area (TPSA) is 43.4 Å². The molecule has 0 aliphatic carbocycles. The first-order valence-corrected chi connectivity index (χ1v) is 16.1. The molecule has 0 aliphatic rings. The van der Waals surface area contributed by atoms with Crippen LogP contribution in [0.15, 0.2) is 159 Å². The second-order valence-corrected chi connectivity index (χ2v) is 14.4. The van der Waals surface area contributed by atoms with E-state index < -0.39 is 20.4 Å². The molecule has 0 saturated carbocycles. The van der Waals surface area contributed by atoms with Crippen LogP contribution in [-0.4, -0.2) is 8.42 Å². The Labute approximate surface area is 235 Å². The van der Waals surface area contributed by atoms with Crippen molar-refractivity contribution in [2.24, 2.45) is 0 Å². The van der Waals surface area contributed by atoms with E-state index in [9.17, 15) is 8.42 Å². The zero-order valence-electron chi connectivity index (χ0n) is 21.8. The van der Waals surface area contributed by atoms with Gasteiger partial charge in [0.25, 0.3) is 0 Å². The summed E-state index contributed by atoms with van der Waals surface area (Å²) in [5.41, 5.74) is 1.09. The molecule has 3 nitrogen and oxygen atoms in total. The highest BCUT2D eigenvalue weighted by Crippen LogP contribution is 2.70. The van der Waals surface area contributed by atoms with Gasteiger partial charge in [0.15, 0.2) is 0 Å². The summed E-state index contributed by atoms with van der Waals surface area (Å²) in [4.78, 5) is 2.61. The van der Waals surface area contributed by atoms with Crippen molar-refractivity contribution in [1.82, 2.24) is 0 Å². The minimum absolute atomic E-state index is 0.175. The van der Waals surface area contributed by atoms with Crippen LogP contribution < -0.4 is 0 Å². The SMILES string of the molecule is Cc1ccc(S(OS(=O)(=O)c2ccc3ccc4cccc5ccc2c3c45)(c2ccccc2)c2ccccc2)cc1. The van der Waals surface area contributed by atoms with Gasteiger partial charge in [-0.15, -0.1) is 0 Å². The summed E-state index contributed by atoms with van der Waals surface area (Å²) in [6.07, 6.45) is 0. The molecule has 5 heteroatoms. The van der Waals surface area contributed by atoms with Gasteiger partial charge in [-0.1, -0.05) is 103 Å². The summed E-state index contributed by atoms with van der Waals surface area (Å²) in [5, 5.41) is 5.84. The first-order valence-electron chi connectivity index (χ1n) is 13.1. The Kier molecular flexibility index (Phi) is 5.90. The van der Waals surface area contributed by atoms with E-state index in [1.54, 1.807) is 6.07 Å². The molecule has 0 bridgehead atoms. The van der Waals surface area contributed by atoms with E-state index in [0.29, 0.717) is 5.39 Å². The van der Waals surface area contributed by atoms with E-state index in [1.165, 1.54) is 0 Å². The van der Waals surface area contributed by atoms with E-state index in [0.717, 1.165) is 47.2 Å². The lowest BCUT2D eigenvalue weighted by atomic mass is 9.94. The lowest BCUT2D eigenvalue weighted by molar-refractivity contribution is 0.509. The van der Waals surface area contributed by atoms with Crippen LogP contribution in [0, 0.1) is 6.92 Å².